The van der Waals surface area contributed by atoms with Gasteiger partial charge in [0.05, 0.1) is 0 Å². The van der Waals surface area contributed by atoms with Crippen molar-refractivity contribution >= 4 is 0 Å². The summed E-state index contributed by atoms with van der Waals surface area (Å²) in [5.41, 5.74) is 3.69. The van der Waals surface area contributed by atoms with Crippen molar-refractivity contribution in [1.82, 2.24) is 0 Å². The highest BCUT2D eigenvalue weighted by atomic mass is 14.3. The van der Waals surface area contributed by atoms with Gasteiger partial charge in [-0.2, -0.15) is 0 Å². The van der Waals surface area contributed by atoms with E-state index in [0.29, 0.717) is 5.41 Å². The zero-order valence-electron chi connectivity index (χ0n) is 8.78. The average molecular weight is 164 g/mol. The molecule has 12 heavy (non-hydrogen) atoms. The number of hydrogen-bond donors (Lipinski definition) is 0. The van der Waals surface area contributed by atoms with Gasteiger partial charge in [-0.1, -0.05) is 51.0 Å². The van der Waals surface area contributed by atoms with Crippen molar-refractivity contribution < 1.29 is 0 Å². The molecule has 0 radical (unpaired) electrons. The van der Waals surface area contributed by atoms with Crippen molar-refractivity contribution in [2.24, 2.45) is 5.41 Å². The molecular formula is C12H20. The van der Waals surface area contributed by atoms with E-state index < -0.39 is 0 Å². The molecule has 0 aromatic heterocycles. The molecule has 0 nitrogen and oxygen atoms in total. The van der Waals surface area contributed by atoms with E-state index in [-0.39, 0.29) is 0 Å². The smallest absolute Gasteiger partial charge is 0.0131 e. The van der Waals surface area contributed by atoms with Crippen LogP contribution in [0.5, 0.6) is 0 Å². The molecular weight excluding hydrogens is 144 g/mol. The van der Waals surface area contributed by atoms with E-state index >= 15 is 0 Å². The SMILES string of the molecule is CCC1=C(C(C)(C)C)CC=CC1. The molecule has 0 unspecified atom stereocenters. The van der Waals surface area contributed by atoms with Crippen LogP contribution < -0.4 is 0 Å². The second kappa shape index (κ2) is 3.47. The van der Waals surface area contributed by atoms with Gasteiger partial charge < -0.3 is 0 Å². The lowest BCUT2D eigenvalue weighted by molar-refractivity contribution is 0.482. The lowest BCUT2D eigenvalue weighted by Crippen LogP contribution is -2.13. The molecule has 0 N–H and O–H groups in total. The lowest BCUT2D eigenvalue weighted by atomic mass is 9.78. The Bertz CT molecular complexity index is 211. The summed E-state index contributed by atoms with van der Waals surface area (Å²) in [4.78, 5) is 0. The summed E-state index contributed by atoms with van der Waals surface area (Å²) in [6, 6.07) is 0. The summed E-state index contributed by atoms with van der Waals surface area (Å²) in [7, 11) is 0. The molecule has 68 valence electrons. The molecule has 0 aliphatic heterocycles. The zero-order chi connectivity index (χ0) is 9.19. The molecule has 0 saturated carbocycles. The van der Waals surface area contributed by atoms with Crippen LogP contribution >= 0.6 is 0 Å². The molecule has 0 aromatic rings. The maximum Gasteiger partial charge on any atom is -0.0131 e. The normalized spacial score (nSPS) is 18.7. The van der Waals surface area contributed by atoms with Crippen molar-refractivity contribution in [3.63, 3.8) is 0 Å². The van der Waals surface area contributed by atoms with Crippen LogP contribution in [-0.4, -0.2) is 0 Å². The third-order valence-corrected chi connectivity index (χ3v) is 2.61. The molecule has 1 aliphatic carbocycles. The molecule has 0 heterocycles. The minimum Gasteiger partial charge on any atom is -0.0841 e. The van der Waals surface area contributed by atoms with Gasteiger partial charge in [-0.3, -0.25) is 0 Å². The van der Waals surface area contributed by atoms with Crippen LogP contribution in [0.1, 0.15) is 47.0 Å². The van der Waals surface area contributed by atoms with Gasteiger partial charge in [-0.25, -0.2) is 0 Å². The minimum absolute atomic E-state index is 0.371. The van der Waals surface area contributed by atoms with Crippen LogP contribution in [0.3, 0.4) is 0 Å². The Morgan fingerprint density at radius 2 is 1.75 bits per heavy atom. The Kier molecular flexibility index (Phi) is 2.76. The Labute approximate surface area is 76.4 Å². The molecule has 0 aromatic carbocycles. The standard InChI is InChI=1S/C12H20/c1-5-10-8-6-7-9-11(10)12(2,3)4/h6-7H,5,8-9H2,1-4H3. The Hall–Kier alpha value is -0.520. The fourth-order valence-electron chi connectivity index (χ4n) is 1.89. The van der Waals surface area contributed by atoms with E-state index in [1.165, 1.54) is 19.3 Å². The van der Waals surface area contributed by atoms with Crippen molar-refractivity contribution in [3.8, 4) is 0 Å². The van der Waals surface area contributed by atoms with Crippen molar-refractivity contribution in [3.05, 3.63) is 23.3 Å². The van der Waals surface area contributed by atoms with E-state index in [4.69, 9.17) is 0 Å². The minimum atomic E-state index is 0.371. The third-order valence-electron chi connectivity index (χ3n) is 2.61. The van der Waals surface area contributed by atoms with Gasteiger partial charge in [-0.15, -0.1) is 0 Å². The zero-order valence-corrected chi connectivity index (χ0v) is 8.78. The first-order chi connectivity index (χ1) is 5.55. The molecule has 0 spiro atoms. The quantitative estimate of drug-likeness (QED) is 0.512. The second-order valence-corrected chi connectivity index (χ2v) is 4.57. The van der Waals surface area contributed by atoms with Gasteiger partial charge in [0.25, 0.3) is 0 Å². The Balaban J connectivity index is 2.90. The van der Waals surface area contributed by atoms with Crippen LogP contribution in [0.15, 0.2) is 23.3 Å². The Morgan fingerprint density at radius 1 is 1.17 bits per heavy atom. The molecule has 0 heteroatoms. The second-order valence-electron chi connectivity index (χ2n) is 4.57. The average Bonchev–Trinajstić information content (AvgIpc) is 2.03. The van der Waals surface area contributed by atoms with Gasteiger partial charge in [0.1, 0.15) is 0 Å². The van der Waals surface area contributed by atoms with E-state index in [2.05, 4.69) is 39.8 Å². The van der Waals surface area contributed by atoms with Crippen molar-refractivity contribution in [1.29, 1.82) is 0 Å². The fourth-order valence-corrected chi connectivity index (χ4v) is 1.89. The van der Waals surface area contributed by atoms with Gasteiger partial charge in [0.2, 0.25) is 0 Å². The molecule has 1 rings (SSSR count). The molecule has 1 aliphatic rings. The van der Waals surface area contributed by atoms with Gasteiger partial charge in [-0.05, 0) is 24.7 Å². The number of hydrogen-bond acceptors (Lipinski definition) is 0. The van der Waals surface area contributed by atoms with E-state index in [1.807, 2.05) is 0 Å². The maximum absolute atomic E-state index is 2.32. The molecule has 0 fully saturated rings. The summed E-state index contributed by atoms with van der Waals surface area (Å²) in [5, 5.41) is 0. The summed E-state index contributed by atoms with van der Waals surface area (Å²) >= 11 is 0. The van der Waals surface area contributed by atoms with Crippen LogP contribution in [-0.2, 0) is 0 Å². The molecule has 0 amide bonds. The molecule has 0 bridgehead atoms. The highest BCUT2D eigenvalue weighted by molar-refractivity contribution is 5.27. The summed E-state index contributed by atoms with van der Waals surface area (Å²) in [6.07, 6.45) is 8.18. The number of allylic oxidation sites excluding steroid dienone is 4. The Morgan fingerprint density at radius 3 is 2.17 bits per heavy atom. The topological polar surface area (TPSA) is 0 Å². The predicted molar refractivity (Wildman–Crippen MR) is 55.1 cm³/mol. The number of rotatable bonds is 1. The van der Waals surface area contributed by atoms with Crippen molar-refractivity contribution in [2.75, 3.05) is 0 Å². The third kappa shape index (κ3) is 2.00. The van der Waals surface area contributed by atoms with E-state index in [9.17, 15) is 0 Å². The van der Waals surface area contributed by atoms with Gasteiger partial charge in [0.15, 0.2) is 0 Å². The van der Waals surface area contributed by atoms with Crippen molar-refractivity contribution in [2.45, 2.75) is 47.0 Å². The predicted octanol–water partition coefficient (Wildman–Crippen LogP) is 4.09. The van der Waals surface area contributed by atoms with E-state index in [0.717, 1.165) is 0 Å². The van der Waals surface area contributed by atoms with Gasteiger partial charge >= 0.3 is 0 Å². The summed E-state index contributed by atoms with van der Waals surface area (Å²) < 4.78 is 0. The first-order valence-electron chi connectivity index (χ1n) is 4.92. The molecule has 0 saturated heterocycles. The largest absolute Gasteiger partial charge is 0.0841 e. The fraction of sp³-hybridized carbons (Fsp3) is 0.667. The van der Waals surface area contributed by atoms with Gasteiger partial charge in [0, 0.05) is 0 Å². The highest BCUT2D eigenvalue weighted by Crippen LogP contribution is 2.35. The summed E-state index contributed by atoms with van der Waals surface area (Å²) in [5.74, 6) is 0. The maximum atomic E-state index is 2.32. The lowest BCUT2D eigenvalue weighted by Gasteiger charge is -2.27. The van der Waals surface area contributed by atoms with Crippen LogP contribution in [0.2, 0.25) is 0 Å². The first-order valence-corrected chi connectivity index (χ1v) is 4.92. The molecule has 0 atom stereocenters. The van der Waals surface area contributed by atoms with Crippen LogP contribution in [0, 0.1) is 5.41 Å². The first kappa shape index (κ1) is 9.57. The van der Waals surface area contributed by atoms with Crippen LogP contribution in [0.25, 0.3) is 0 Å². The monoisotopic (exact) mass is 164 g/mol. The van der Waals surface area contributed by atoms with Crippen LogP contribution in [0.4, 0.5) is 0 Å². The summed E-state index contributed by atoms with van der Waals surface area (Å²) in [6.45, 7) is 9.21. The van der Waals surface area contributed by atoms with E-state index in [1.54, 1.807) is 11.1 Å². The highest BCUT2D eigenvalue weighted by Gasteiger charge is 2.20.